The van der Waals surface area contributed by atoms with Crippen molar-refractivity contribution in [3.05, 3.63) is 40.6 Å². The molecule has 6 nitrogen and oxygen atoms in total. The Labute approximate surface area is 119 Å². The number of aromatic nitrogens is 3. The van der Waals surface area contributed by atoms with Gasteiger partial charge < -0.3 is 11.1 Å². The summed E-state index contributed by atoms with van der Waals surface area (Å²) in [5.41, 5.74) is 6.42. The minimum Gasteiger partial charge on any atom is -0.367 e. The third-order valence-electron chi connectivity index (χ3n) is 2.61. The standard InChI is InChI=1S/C12H14BrN5O/c1-8(9-2-4-10(13)5-3-9)16-11(19)6-18-7-15-12(14)17-18/h2-5,7-8H,6H2,1H3,(H2,14,17)(H,16,19)/t8-/m1/s1. The average Bonchev–Trinajstić information content (AvgIpc) is 2.75. The zero-order chi connectivity index (χ0) is 13.8. The highest BCUT2D eigenvalue weighted by atomic mass is 79.9. The number of nitrogens with zero attached hydrogens (tertiary/aromatic N) is 3. The van der Waals surface area contributed by atoms with Crippen LogP contribution in [0, 0.1) is 0 Å². The van der Waals surface area contributed by atoms with Crippen LogP contribution in [0.1, 0.15) is 18.5 Å². The van der Waals surface area contributed by atoms with Crippen molar-refractivity contribution < 1.29 is 4.79 Å². The van der Waals surface area contributed by atoms with Gasteiger partial charge in [0.1, 0.15) is 12.9 Å². The Hall–Kier alpha value is -1.89. The molecule has 0 aliphatic rings. The minimum absolute atomic E-state index is 0.0681. The van der Waals surface area contributed by atoms with Crippen molar-refractivity contribution >= 4 is 27.8 Å². The van der Waals surface area contributed by atoms with E-state index in [2.05, 4.69) is 31.3 Å². The predicted molar refractivity (Wildman–Crippen MR) is 75.1 cm³/mol. The number of nitrogens with one attached hydrogen (secondary N) is 1. The van der Waals surface area contributed by atoms with E-state index in [1.165, 1.54) is 11.0 Å². The SMILES string of the molecule is C[C@@H](NC(=O)Cn1cnc(N)n1)c1ccc(Br)cc1. The van der Waals surface area contributed by atoms with Gasteiger partial charge in [0, 0.05) is 4.47 Å². The van der Waals surface area contributed by atoms with Gasteiger partial charge in [0.2, 0.25) is 11.9 Å². The Morgan fingerprint density at radius 1 is 1.47 bits per heavy atom. The van der Waals surface area contributed by atoms with Gasteiger partial charge in [-0.2, -0.15) is 0 Å². The van der Waals surface area contributed by atoms with Crippen LogP contribution in [0.2, 0.25) is 0 Å². The minimum atomic E-state index is -0.139. The molecule has 0 unspecified atom stereocenters. The highest BCUT2D eigenvalue weighted by molar-refractivity contribution is 9.10. The molecule has 1 atom stereocenters. The molecule has 0 saturated carbocycles. The summed E-state index contributed by atoms with van der Waals surface area (Å²) >= 11 is 3.37. The molecule has 0 spiro atoms. The Balaban J connectivity index is 1.93. The van der Waals surface area contributed by atoms with Crippen molar-refractivity contribution in [1.29, 1.82) is 0 Å². The first-order chi connectivity index (χ1) is 9.04. The van der Waals surface area contributed by atoms with Gasteiger partial charge in [0.25, 0.3) is 0 Å². The second-order valence-electron chi connectivity index (χ2n) is 4.14. The van der Waals surface area contributed by atoms with E-state index >= 15 is 0 Å². The number of anilines is 1. The summed E-state index contributed by atoms with van der Waals surface area (Å²) in [5.74, 6) is 0.0223. The van der Waals surface area contributed by atoms with Crippen molar-refractivity contribution in [3.63, 3.8) is 0 Å². The number of rotatable bonds is 4. The fourth-order valence-electron chi connectivity index (χ4n) is 1.65. The van der Waals surface area contributed by atoms with Crippen molar-refractivity contribution in [1.82, 2.24) is 20.1 Å². The highest BCUT2D eigenvalue weighted by Gasteiger charge is 2.10. The second-order valence-corrected chi connectivity index (χ2v) is 5.06. The summed E-state index contributed by atoms with van der Waals surface area (Å²) in [4.78, 5) is 15.6. The fraction of sp³-hybridized carbons (Fsp3) is 0.250. The molecule has 100 valence electrons. The van der Waals surface area contributed by atoms with Crippen LogP contribution in [-0.2, 0) is 11.3 Å². The maximum absolute atomic E-state index is 11.8. The molecular weight excluding hydrogens is 310 g/mol. The number of hydrogen-bond donors (Lipinski definition) is 2. The molecule has 7 heteroatoms. The molecule has 2 aromatic rings. The Morgan fingerprint density at radius 3 is 2.74 bits per heavy atom. The molecule has 0 aliphatic carbocycles. The van der Waals surface area contributed by atoms with Crippen molar-refractivity contribution in [2.24, 2.45) is 0 Å². The maximum atomic E-state index is 11.8. The number of nitrogens with two attached hydrogens (primary N) is 1. The molecule has 0 radical (unpaired) electrons. The topological polar surface area (TPSA) is 85.8 Å². The lowest BCUT2D eigenvalue weighted by Crippen LogP contribution is -2.30. The van der Waals surface area contributed by atoms with E-state index in [1.54, 1.807) is 0 Å². The highest BCUT2D eigenvalue weighted by Crippen LogP contribution is 2.16. The second kappa shape index (κ2) is 5.83. The van der Waals surface area contributed by atoms with Crippen molar-refractivity contribution in [2.45, 2.75) is 19.5 Å². The van der Waals surface area contributed by atoms with Crippen LogP contribution >= 0.6 is 15.9 Å². The predicted octanol–water partition coefficient (Wildman–Crippen LogP) is 1.50. The first kappa shape index (κ1) is 13.5. The van der Waals surface area contributed by atoms with E-state index in [0.717, 1.165) is 10.0 Å². The number of carbonyl (C=O) groups excluding carboxylic acids is 1. The number of halogens is 1. The van der Waals surface area contributed by atoms with Crippen LogP contribution < -0.4 is 11.1 Å². The van der Waals surface area contributed by atoms with E-state index < -0.39 is 0 Å². The van der Waals surface area contributed by atoms with Gasteiger partial charge in [0.05, 0.1) is 6.04 Å². The summed E-state index contributed by atoms with van der Waals surface area (Å²) < 4.78 is 2.41. The van der Waals surface area contributed by atoms with E-state index in [1.807, 2.05) is 31.2 Å². The van der Waals surface area contributed by atoms with E-state index in [9.17, 15) is 4.79 Å². The van der Waals surface area contributed by atoms with E-state index in [-0.39, 0.29) is 24.4 Å². The van der Waals surface area contributed by atoms with Gasteiger partial charge in [0.15, 0.2) is 0 Å². The summed E-state index contributed by atoms with van der Waals surface area (Å²) in [6.45, 7) is 2.03. The number of nitrogen functional groups attached to an aromatic ring is 1. The first-order valence-corrected chi connectivity index (χ1v) is 6.53. The smallest absolute Gasteiger partial charge is 0.242 e. The molecule has 19 heavy (non-hydrogen) atoms. The Kier molecular flexibility index (Phi) is 4.16. The van der Waals surface area contributed by atoms with Crippen LogP contribution in [0.3, 0.4) is 0 Å². The number of benzene rings is 1. The lowest BCUT2D eigenvalue weighted by molar-refractivity contribution is -0.122. The Bertz CT molecular complexity index is 566. The van der Waals surface area contributed by atoms with Gasteiger partial charge in [-0.3, -0.25) is 4.79 Å². The van der Waals surface area contributed by atoms with Gasteiger partial charge in [-0.15, -0.1) is 5.10 Å². The summed E-state index contributed by atoms with van der Waals surface area (Å²) in [6.07, 6.45) is 1.43. The quantitative estimate of drug-likeness (QED) is 0.892. The molecule has 0 aliphatic heterocycles. The molecular formula is C12H14BrN5O. The summed E-state index contributed by atoms with van der Waals surface area (Å²) in [7, 11) is 0. The molecule has 3 N–H and O–H groups in total. The van der Waals surface area contributed by atoms with Crippen LogP contribution in [0.15, 0.2) is 35.1 Å². The molecule has 1 aromatic heterocycles. The van der Waals surface area contributed by atoms with E-state index in [4.69, 9.17) is 5.73 Å². The molecule has 0 saturated heterocycles. The zero-order valence-electron chi connectivity index (χ0n) is 10.4. The van der Waals surface area contributed by atoms with Gasteiger partial charge in [-0.05, 0) is 24.6 Å². The maximum Gasteiger partial charge on any atom is 0.242 e. The fourth-order valence-corrected chi connectivity index (χ4v) is 1.92. The first-order valence-electron chi connectivity index (χ1n) is 5.74. The van der Waals surface area contributed by atoms with Gasteiger partial charge in [-0.25, -0.2) is 9.67 Å². The van der Waals surface area contributed by atoms with Crippen LogP contribution in [0.4, 0.5) is 5.95 Å². The number of carbonyl (C=O) groups is 1. The average molecular weight is 324 g/mol. The van der Waals surface area contributed by atoms with Crippen LogP contribution in [0.25, 0.3) is 0 Å². The molecule has 0 fully saturated rings. The molecule has 1 heterocycles. The molecule has 2 rings (SSSR count). The lowest BCUT2D eigenvalue weighted by Gasteiger charge is -2.14. The van der Waals surface area contributed by atoms with Crippen molar-refractivity contribution in [2.75, 3.05) is 5.73 Å². The zero-order valence-corrected chi connectivity index (χ0v) is 12.0. The largest absolute Gasteiger partial charge is 0.367 e. The number of hydrogen-bond acceptors (Lipinski definition) is 4. The van der Waals surface area contributed by atoms with Gasteiger partial charge >= 0.3 is 0 Å². The molecule has 1 amide bonds. The monoisotopic (exact) mass is 323 g/mol. The normalized spacial score (nSPS) is 12.1. The van der Waals surface area contributed by atoms with Crippen LogP contribution in [0.5, 0.6) is 0 Å². The molecule has 1 aromatic carbocycles. The third kappa shape index (κ3) is 3.78. The lowest BCUT2D eigenvalue weighted by atomic mass is 10.1. The van der Waals surface area contributed by atoms with Crippen molar-refractivity contribution in [3.8, 4) is 0 Å². The summed E-state index contributed by atoms with van der Waals surface area (Å²) in [6, 6.07) is 7.73. The Morgan fingerprint density at radius 2 is 2.16 bits per heavy atom. The van der Waals surface area contributed by atoms with Crippen LogP contribution in [-0.4, -0.2) is 20.7 Å². The number of amides is 1. The van der Waals surface area contributed by atoms with Gasteiger partial charge in [-0.1, -0.05) is 28.1 Å². The molecule has 0 bridgehead atoms. The summed E-state index contributed by atoms with van der Waals surface area (Å²) in [5, 5.41) is 6.75. The van der Waals surface area contributed by atoms with E-state index in [0.29, 0.717) is 0 Å². The third-order valence-corrected chi connectivity index (χ3v) is 3.14.